The first-order chi connectivity index (χ1) is 8.20. The SMILES string of the molecule is CC(NC(=O)C1CNCC1C)C(=O)NC(C)(C)C. The zero-order valence-electron chi connectivity index (χ0n) is 12.0. The molecule has 2 amide bonds. The first-order valence-electron chi connectivity index (χ1n) is 6.54. The lowest BCUT2D eigenvalue weighted by molar-refractivity contribution is -0.131. The lowest BCUT2D eigenvalue weighted by Gasteiger charge is -2.24. The Hall–Kier alpha value is -1.10. The van der Waals surface area contributed by atoms with Gasteiger partial charge in [0.25, 0.3) is 0 Å². The van der Waals surface area contributed by atoms with Crippen molar-refractivity contribution in [2.75, 3.05) is 13.1 Å². The average molecular weight is 255 g/mol. The highest BCUT2D eigenvalue weighted by molar-refractivity contribution is 5.88. The normalized spacial score (nSPS) is 25.6. The minimum atomic E-state index is -0.496. The molecule has 0 aliphatic carbocycles. The predicted octanol–water partition coefficient (Wildman–Crippen LogP) is 0.261. The molecule has 1 aliphatic heterocycles. The standard InChI is InChI=1S/C13H25N3O2/c1-8-6-14-7-10(8)12(18)15-9(2)11(17)16-13(3,4)5/h8-10,14H,6-7H2,1-5H3,(H,15,18)(H,16,17). The van der Waals surface area contributed by atoms with Crippen LogP contribution in [0.15, 0.2) is 0 Å². The van der Waals surface area contributed by atoms with E-state index >= 15 is 0 Å². The van der Waals surface area contributed by atoms with Crippen molar-refractivity contribution in [3.63, 3.8) is 0 Å². The van der Waals surface area contributed by atoms with E-state index in [9.17, 15) is 9.59 Å². The molecule has 3 N–H and O–H groups in total. The summed E-state index contributed by atoms with van der Waals surface area (Å²) in [6, 6.07) is -0.496. The van der Waals surface area contributed by atoms with Crippen molar-refractivity contribution in [3.05, 3.63) is 0 Å². The molecule has 3 atom stereocenters. The topological polar surface area (TPSA) is 70.2 Å². The van der Waals surface area contributed by atoms with Gasteiger partial charge in [0.1, 0.15) is 6.04 Å². The van der Waals surface area contributed by atoms with E-state index in [0.29, 0.717) is 12.5 Å². The van der Waals surface area contributed by atoms with E-state index in [2.05, 4.69) is 16.0 Å². The molecule has 3 unspecified atom stereocenters. The molecule has 1 aliphatic rings. The fraction of sp³-hybridized carbons (Fsp3) is 0.846. The molecule has 5 heteroatoms. The van der Waals surface area contributed by atoms with Crippen molar-refractivity contribution in [2.24, 2.45) is 11.8 Å². The van der Waals surface area contributed by atoms with Gasteiger partial charge in [-0.3, -0.25) is 9.59 Å². The lowest BCUT2D eigenvalue weighted by Crippen LogP contribution is -2.52. The van der Waals surface area contributed by atoms with Gasteiger partial charge >= 0.3 is 0 Å². The highest BCUT2D eigenvalue weighted by Crippen LogP contribution is 2.15. The largest absolute Gasteiger partial charge is 0.350 e. The lowest BCUT2D eigenvalue weighted by atomic mass is 9.97. The van der Waals surface area contributed by atoms with Crippen LogP contribution < -0.4 is 16.0 Å². The van der Waals surface area contributed by atoms with Crippen LogP contribution in [-0.2, 0) is 9.59 Å². The number of carbonyl (C=O) groups is 2. The number of hydrogen-bond acceptors (Lipinski definition) is 3. The smallest absolute Gasteiger partial charge is 0.242 e. The Labute approximate surface area is 109 Å². The second-order valence-corrected chi connectivity index (χ2v) is 6.21. The van der Waals surface area contributed by atoms with E-state index in [0.717, 1.165) is 6.54 Å². The van der Waals surface area contributed by atoms with Gasteiger partial charge in [0.2, 0.25) is 11.8 Å². The Bertz CT molecular complexity index is 323. The highest BCUT2D eigenvalue weighted by atomic mass is 16.2. The Morgan fingerprint density at radius 1 is 1.28 bits per heavy atom. The van der Waals surface area contributed by atoms with Gasteiger partial charge in [-0.1, -0.05) is 6.92 Å². The van der Waals surface area contributed by atoms with Crippen LogP contribution in [0.5, 0.6) is 0 Å². The van der Waals surface area contributed by atoms with Gasteiger partial charge in [0.15, 0.2) is 0 Å². The molecule has 1 heterocycles. The van der Waals surface area contributed by atoms with E-state index in [1.54, 1.807) is 6.92 Å². The second-order valence-electron chi connectivity index (χ2n) is 6.21. The third-order valence-corrected chi connectivity index (χ3v) is 3.10. The minimum absolute atomic E-state index is 0.0325. The van der Waals surface area contributed by atoms with Crippen LogP contribution in [0.3, 0.4) is 0 Å². The van der Waals surface area contributed by atoms with E-state index < -0.39 is 6.04 Å². The van der Waals surface area contributed by atoms with Crippen LogP contribution >= 0.6 is 0 Å². The number of carbonyl (C=O) groups excluding carboxylic acids is 2. The van der Waals surface area contributed by atoms with E-state index in [-0.39, 0.29) is 23.3 Å². The van der Waals surface area contributed by atoms with Crippen LogP contribution in [-0.4, -0.2) is 36.5 Å². The van der Waals surface area contributed by atoms with Crippen molar-refractivity contribution in [2.45, 2.75) is 46.2 Å². The Kier molecular flexibility index (Phi) is 4.73. The minimum Gasteiger partial charge on any atom is -0.350 e. The monoisotopic (exact) mass is 255 g/mol. The quantitative estimate of drug-likeness (QED) is 0.677. The van der Waals surface area contributed by atoms with E-state index in [1.165, 1.54) is 0 Å². The molecule has 18 heavy (non-hydrogen) atoms. The highest BCUT2D eigenvalue weighted by Gasteiger charge is 2.31. The molecule has 104 valence electrons. The average Bonchev–Trinajstić information content (AvgIpc) is 2.61. The van der Waals surface area contributed by atoms with Crippen LogP contribution in [0.4, 0.5) is 0 Å². The molecule has 5 nitrogen and oxygen atoms in total. The zero-order chi connectivity index (χ0) is 13.9. The summed E-state index contributed by atoms with van der Waals surface area (Å²) < 4.78 is 0. The fourth-order valence-electron chi connectivity index (χ4n) is 2.02. The summed E-state index contributed by atoms with van der Waals surface area (Å²) in [4.78, 5) is 23.9. The maximum absolute atomic E-state index is 12.0. The van der Waals surface area contributed by atoms with Crippen LogP contribution in [0.25, 0.3) is 0 Å². The predicted molar refractivity (Wildman–Crippen MR) is 71.0 cm³/mol. The maximum atomic E-state index is 12.0. The van der Waals surface area contributed by atoms with Gasteiger partial charge in [0, 0.05) is 12.1 Å². The first-order valence-corrected chi connectivity index (χ1v) is 6.54. The number of nitrogens with one attached hydrogen (secondary N) is 3. The molecule has 0 aromatic rings. The van der Waals surface area contributed by atoms with Crippen molar-refractivity contribution in [1.82, 2.24) is 16.0 Å². The summed E-state index contributed by atoms with van der Waals surface area (Å²) in [6.45, 7) is 11.1. The van der Waals surface area contributed by atoms with Gasteiger partial charge in [-0.15, -0.1) is 0 Å². The summed E-state index contributed by atoms with van der Waals surface area (Å²) >= 11 is 0. The Morgan fingerprint density at radius 2 is 1.89 bits per heavy atom. The molecule has 1 fully saturated rings. The molecular weight excluding hydrogens is 230 g/mol. The fourth-order valence-corrected chi connectivity index (χ4v) is 2.02. The van der Waals surface area contributed by atoms with Gasteiger partial charge in [0.05, 0.1) is 5.92 Å². The van der Waals surface area contributed by atoms with Crippen LogP contribution in [0, 0.1) is 11.8 Å². The molecule has 1 saturated heterocycles. The van der Waals surface area contributed by atoms with Gasteiger partial charge in [-0.25, -0.2) is 0 Å². The Balaban J connectivity index is 2.46. The summed E-state index contributed by atoms with van der Waals surface area (Å²) in [5.74, 6) is 0.108. The maximum Gasteiger partial charge on any atom is 0.242 e. The molecule has 0 aromatic heterocycles. The van der Waals surface area contributed by atoms with E-state index in [4.69, 9.17) is 0 Å². The molecule has 0 saturated carbocycles. The third kappa shape index (κ3) is 4.29. The molecule has 0 spiro atoms. The van der Waals surface area contributed by atoms with Crippen LogP contribution in [0.2, 0.25) is 0 Å². The van der Waals surface area contributed by atoms with Crippen LogP contribution in [0.1, 0.15) is 34.6 Å². The Morgan fingerprint density at radius 3 is 2.33 bits per heavy atom. The molecule has 0 radical (unpaired) electrons. The van der Waals surface area contributed by atoms with Gasteiger partial charge in [-0.05, 0) is 40.2 Å². The molecule has 1 rings (SSSR count). The van der Waals surface area contributed by atoms with Gasteiger partial charge in [-0.2, -0.15) is 0 Å². The molecular formula is C13H25N3O2. The van der Waals surface area contributed by atoms with E-state index in [1.807, 2.05) is 27.7 Å². The van der Waals surface area contributed by atoms with Crippen molar-refractivity contribution < 1.29 is 9.59 Å². The summed E-state index contributed by atoms with van der Waals surface area (Å²) in [7, 11) is 0. The molecule has 0 aromatic carbocycles. The number of amides is 2. The summed E-state index contributed by atoms with van der Waals surface area (Å²) in [5.41, 5.74) is -0.279. The third-order valence-electron chi connectivity index (χ3n) is 3.10. The van der Waals surface area contributed by atoms with Crippen molar-refractivity contribution in [1.29, 1.82) is 0 Å². The zero-order valence-corrected chi connectivity index (χ0v) is 12.0. The second kappa shape index (κ2) is 5.69. The van der Waals surface area contributed by atoms with Crippen molar-refractivity contribution in [3.8, 4) is 0 Å². The van der Waals surface area contributed by atoms with Gasteiger partial charge < -0.3 is 16.0 Å². The summed E-state index contributed by atoms with van der Waals surface area (Å²) in [6.07, 6.45) is 0. The molecule has 0 bridgehead atoms. The summed E-state index contributed by atoms with van der Waals surface area (Å²) in [5, 5.41) is 8.82. The van der Waals surface area contributed by atoms with Crippen molar-refractivity contribution >= 4 is 11.8 Å². The number of hydrogen-bond donors (Lipinski definition) is 3. The number of rotatable bonds is 3. The first kappa shape index (κ1) is 15.0.